The second kappa shape index (κ2) is 7.69. The van der Waals surface area contributed by atoms with E-state index in [4.69, 9.17) is 18.9 Å². The highest BCUT2D eigenvalue weighted by molar-refractivity contribution is 4.89. The molecule has 10 nitrogen and oxygen atoms in total. The molecule has 2 fully saturated rings. The molecule has 148 valence electrons. The van der Waals surface area contributed by atoms with E-state index in [9.17, 15) is 30.6 Å². The van der Waals surface area contributed by atoms with Crippen molar-refractivity contribution in [1.82, 2.24) is 0 Å². The van der Waals surface area contributed by atoms with Crippen LogP contribution in [0.3, 0.4) is 0 Å². The minimum absolute atomic E-state index is 0.785. The van der Waals surface area contributed by atoms with Crippen LogP contribution in [-0.2, 0) is 18.9 Å². The lowest BCUT2D eigenvalue weighted by molar-refractivity contribution is -0.401. The lowest BCUT2D eigenvalue weighted by Gasteiger charge is -2.44. The summed E-state index contributed by atoms with van der Waals surface area (Å²) in [6.07, 6.45) is -12.6. The third-order valence-electron chi connectivity index (χ3n) is 4.42. The van der Waals surface area contributed by atoms with Crippen molar-refractivity contribution in [1.29, 1.82) is 0 Å². The summed E-state index contributed by atoms with van der Waals surface area (Å²) >= 11 is 0. The second-order valence-electron chi connectivity index (χ2n) is 7.00. The summed E-state index contributed by atoms with van der Waals surface area (Å²) in [6.45, 7) is 5.95. The Labute approximate surface area is 145 Å². The normalized spacial score (nSPS) is 49.2. The van der Waals surface area contributed by atoms with Crippen molar-refractivity contribution in [2.24, 2.45) is 0 Å². The largest absolute Gasteiger partial charge is 0.388 e. The molecule has 0 aromatic heterocycles. The topological polar surface area (TPSA) is 158 Å². The highest BCUT2D eigenvalue weighted by Crippen LogP contribution is 2.30. The maximum absolute atomic E-state index is 10.00. The summed E-state index contributed by atoms with van der Waals surface area (Å²) < 4.78 is 21.7. The number of hydrogen-bond donors (Lipinski definition) is 6. The van der Waals surface area contributed by atoms with E-state index in [1.54, 1.807) is 0 Å². The van der Waals surface area contributed by atoms with E-state index in [1.165, 1.54) is 27.7 Å². The van der Waals surface area contributed by atoms with Gasteiger partial charge in [-0.05, 0) is 27.7 Å². The molecular weight excluding hydrogens is 340 g/mol. The van der Waals surface area contributed by atoms with Crippen molar-refractivity contribution in [2.45, 2.75) is 94.9 Å². The van der Waals surface area contributed by atoms with Crippen LogP contribution >= 0.6 is 0 Å². The van der Waals surface area contributed by atoms with Gasteiger partial charge in [0.15, 0.2) is 18.4 Å². The Balaban J connectivity index is 2.01. The van der Waals surface area contributed by atoms with Crippen molar-refractivity contribution in [2.75, 3.05) is 0 Å². The summed E-state index contributed by atoms with van der Waals surface area (Å²) in [4.78, 5) is 0. The molecule has 25 heavy (non-hydrogen) atoms. The number of aliphatic hydroxyl groups is 6. The fourth-order valence-electron chi connectivity index (χ4n) is 2.81. The summed E-state index contributed by atoms with van der Waals surface area (Å²) in [5, 5.41) is 59.0. The molecule has 2 saturated heterocycles. The first kappa shape index (κ1) is 20.9. The zero-order valence-corrected chi connectivity index (χ0v) is 14.6. The molecule has 0 bridgehead atoms. The van der Waals surface area contributed by atoms with Crippen LogP contribution in [0.2, 0.25) is 0 Å². The van der Waals surface area contributed by atoms with E-state index in [-0.39, 0.29) is 0 Å². The fourth-order valence-corrected chi connectivity index (χ4v) is 2.81. The molecule has 2 rings (SSSR count). The first-order valence-electron chi connectivity index (χ1n) is 8.19. The van der Waals surface area contributed by atoms with E-state index in [2.05, 4.69) is 0 Å². The summed E-state index contributed by atoms with van der Waals surface area (Å²) in [7, 11) is 0. The second-order valence-corrected chi connectivity index (χ2v) is 7.00. The number of ether oxygens (including phenoxy) is 4. The molecule has 0 aliphatic carbocycles. The Kier molecular flexibility index (Phi) is 6.43. The average Bonchev–Trinajstić information content (AvgIpc) is 2.53. The summed E-state index contributed by atoms with van der Waals surface area (Å²) in [5.41, 5.74) is 0. The molecule has 0 amide bonds. The van der Waals surface area contributed by atoms with Gasteiger partial charge in [-0.3, -0.25) is 0 Å². The van der Waals surface area contributed by atoms with E-state index in [0.717, 1.165) is 0 Å². The zero-order valence-electron chi connectivity index (χ0n) is 14.6. The Morgan fingerprint density at radius 1 is 0.600 bits per heavy atom. The maximum Gasteiger partial charge on any atom is 0.189 e. The Bertz CT molecular complexity index is 408. The van der Waals surface area contributed by atoms with Crippen molar-refractivity contribution in [3.63, 3.8) is 0 Å². The molecule has 0 radical (unpaired) electrons. The van der Waals surface area contributed by atoms with Gasteiger partial charge in [0.05, 0.1) is 12.2 Å². The lowest BCUT2D eigenvalue weighted by atomic mass is 10.00. The van der Waals surface area contributed by atoms with Crippen LogP contribution in [0.5, 0.6) is 0 Å². The van der Waals surface area contributed by atoms with Crippen LogP contribution in [0.25, 0.3) is 0 Å². The van der Waals surface area contributed by atoms with Gasteiger partial charge in [-0.2, -0.15) is 0 Å². The van der Waals surface area contributed by atoms with Crippen molar-refractivity contribution in [3.05, 3.63) is 0 Å². The van der Waals surface area contributed by atoms with Crippen molar-refractivity contribution < 1.29 is 49.6 Å². The first-order chi connectivity index (χ1) is 11.4. The van der Waals surface area contributed by atoms with Crippen LogP contribution in [0.1, 0.15) is 27.7 Å². The predicted octanol–water partition coefficient (Wildman–Crippen LogP) is -2.59. The molecule has 2 heterocycles. The number of hydrogen-bond acceptors (Lipinski definition) is 10. The molecule has 6 N–H and O–H groups in total. The van der Waals surface area contributed by atoms with Gasteiger partial charge >= 0.3 is 0 Å². The van der Waals surface area contributed by atoms with E-state index in [0.29, 0.717) is 0 Å². The molecule has 10 atom stereocenters. The van der Waals surface area contributed by atoms with Gasteiger partial charge in [0, 0.05) is 0 Å². The quantitative estimate of drug-likeness (QED) is 0.291. The number of rotatable bonds is 4. The molecule has 2 aliphatic heterocycles. The predicted molar refractivity (Wildman–Crippen MR) is 81.0 cm³/mol. The Morgan fingerprint density at radius 2 is 0.920 bits per heavy atom. The van der Waals surface area contributed by atoms with Gasteiger partial charge in [0.25, 0.3) is 0 Å². The SMILES string of the molecule is C[C@H]1OC(OC(C)(C)OC2O[C@H](C)[C@H](O)[C@H](O)[C@H]2O)[C@H](O)[C@@H](O)[C@H]1O. The fraction of sp³-hybridized carbons (Fsp3) is 1.00. The monoisotopic (exact) mass is 368 g/mol. The zero-order chi connectivity index (χ0) is 19.1. The van der Waals surface area contributed by atoms with E-state index < -0.39 is 67.2 Å². The van der Waals surface area contributed by atoms with Gasteiger partial charge in [-0.1, -0.05) is 0 Å². The lowest BCUT2D eigenvalue weighted by Crippen LogP contribution is -2.61. The van der Waals surface area contributed by atoms with Crippen LogP contribution in [-0.4, -0.2) is 97.8 Å². The van der Waals surface area contributed by atoms with E-state index in [1.807, 2.05) is 0 Å². The van der Waals surface area contributed by atoms with E-state index >= 15 is 0 Å². The maximum atomic E-state index is 10.00. The molecule has 0 spiro atoms. The van der Waals surface area contributed by atoms with Crippen LogP contribution < -0.4 is 0 Å². The smallest absolute Gasteiger partial charge is 0.189 e. The van der Waals surface area contributed by atoms with Gasteiger partial charge < -0.3 is 49.6 Å². The van der Waals surface area contributed by atoms with Crippen molar-refractivity contribution >= 4 is 0 Å². The minimum Gasteiger partial charge on any atom is -0.388 e. The third kappa shape index (κ3) is 4.48. The first-order valence-corrected chi connectivity index (χ1v) is 8.19. The Hall–Kier alpha value is -0.400. The van der Waals surface area contributed by atoms with Gasteiger partial charge in [-0.15, -0.1) is 0 Å². The van der Waals surface area contributed by atoms with Crippen LogP contribution in [0.15, 0.2) is 0 Å². The van der Waals surface area contributed by atoms with Gasteiger partial charge in [0.1, 0.15) is 36.6 Å². The molecular formula is C15H28O10. The Morgan fingerprint density at radius 3 is 1.24 bits per heavy atom. The van der Waals surface area contributed by atoms with Gasteiger partial charge in [-0.25, -0.2) is 0 Å². The van der Waals surface area contributed by atoms with Gasteiger partial charge in [0.2, 0.25) is 0 Å². The minimum atomic E-state index is -1.52. The van der Waals surface area contributed by atoms with Crippen LogP contribution in [0, 0.1) is 0 Å². The van der Waals surface area contributed by atoms with Crippen LogP contribution in [0.4, 0.5) is 0 Å². The average molecular weight is 368 g/mol. The molecule has 2 aliphatic rings. The summed E-state index contributed by atoms with van der Waals surface area (Å²) in [5.74, 6) is -1.46. The molecule has 0 aromatic rings. The highest BCUT2D eigenvalue weighted by Gasteiger charge is 2.48. The third-order valence-corrected chi connectivity index (χ3v) is 4.42. The standard InChI is InChI=1S/C15H28O10/c1-5-7(16)9(18)11(20)13(22-5)24-15(3,4)25-14-12(21)10(19)8(17)6(2)23-14/h5-14,16-21H,1-4H3/t5-,6-,7+,8+,9+,10+,11-,12-,13?,14?/m1/s1. The molecule has 0 aromatic carbocycles. The molecule has 0 saturated carbocycles. The molecule has 2 unspecified atom stereocenters. The summed E-state index contributed by atoms with van der Waals surface area (Å²) in [6, 6.07) is 0. The highest BCUT2D eigenvalue weighted by atomic mass is 16.8. The molecule has 10 heteroatoms. The number of aliphatic hydroxyl groups excluding tert-OH is 6. The van der Waals surface area contributed by atoms with Crippen molar-refractivity contribution in [3.8, 4) is 0 Å².